The normalized spacial score (nSPS) is 20.7. The van der Waals surface area contributed by atoms with Crippen molar-refractivity contribution in [1.29, 1.82) is 0 Å². The van der Waals surface area contributed by atoms with Crippen LogP contribution in [0.3, 0.4) is 0 Å². The maximum atomic E-state index is 15.5. The minimum atomic E-state index is -4.55. The second kappa shape index (κ2) is 20.6. The number of amides is 3. The van der Waals surface area contributed by atoms with Crippen molar-refractivity contribution in [2.45, 2.75) is 68.3 Å². The van der Waals surface area contributed by atoms with Gasteiger partial charge in [0.25, 0.3) is 17.6 Å². The van der Waals surface area contributed by atoms with Gasteiger partial charge >= 0.3 is 13.8 Å². The van der Waals surface area contributed by atoms with Gasteiger partial charge in [-0.15, -0.1) is 0 Å². The van der Waals surface area contributed by atoms with Gasteiger partial charge in [-0.25, -0.2) is 9.36 Å². The lowest BCUT2D eigenvalue weighted by atomic mass is 9.88. The molecule has 0 radical (unpaired) electrons. The topological polar surface area (TPSA) is 319 Å². The average Bonchev–Trinajstić information content (AvgIpc) is 3.20. The molecule has 1 saturated heterocycles. The van der Waals surface area contributed by atoms with E-state index in [1.807, 2.05) is 0 Å². The number of aliphatic hydroxyl groups is 5. The van der Waals surface area contributed by atoms with E-state index in [9.17, 15) is 54.4 Å². The van der Waals surface area contributed by atoms with Gasteiger partial charge in [0, 0.05) is 34.4 Å². The first kappa shape index (κ1) is 46.3. The number of carbonyl (C=O) groups excluding carboxylic acids is 3. The van der Waals surface area contributed by atoms with Crippen LogP contribution < -0.4 is 31.9 Å². The third-order valence-corrected chi connectivity index (χ3v) is 12.9. The number of hydrogen-bond acceptors (Lipinski definition) is 13. The molecule has 316 valence electrons. The van der Waals surface area contributed by atoms with Crippen LogP contribution in [0.4, 0.5) is 0 Å². The van der Waals surface area contributed by atoms with E-state index < -0.39 is 94.5 Å². The zero-order valence-electron chi connectivity index (χ0n) is 31.0. The summed E-state index contributed by atoms with van der Waals surface area (Å²) in [5.41, 5.74) is -0.0986. The highest BCUT2D eigenvalue weighted by Crippen LogP contribution is 2.43. The van der Waals surface area contributed by atoms with Crippen molar-refractivity contribution in [2.24, 2.45) is 0 Å². The largest absolute Gasteiger partial charge is 0.477 e. The highest BCUT2D eigenvalue weighted by Gasteiger charge is 2.54. The van der Waals surface area contributed by atoms with E-state index in [0.717, 1.165) is 0 Å². The maximum absolute atomic E-state index is 15.5. The molecule has 1 aliphatic rings. The SMILES string of the molecule is O=C(CNC(=O)c1ccc(C(=O)NCCCCCCOP(=O)(O)O)cc1P(=O)(c1ccccc1)c1ccccc1)N[C@H]1[C@H]([C@H](O)[C@H](O)CO)O[C@@](O)(C(=O)O)C[C@@H]1O. The van der Waals surface area contributed by atoms with Gasteiger partial charge in [-0.1, -0.05) is 73.5 Å². The Morgan fingerprint density at radius 2 is 1.47 bits per heavy atom. The van der Waals surface area contributed by atoms with E-state index in [-0.39, 0.29) is 29.6 Å². The minimum absolute atomic E-state index is 0.0363. The quantitative estimate of drug-likeness (QED) is 0.0459. The van der Waals surface area contributed by atoms with E-state index in [0.29, 0.717) is 36.3 Å². The number of unbranched alkanes of at least 4 members (excludes halogenated alkanes) is 3. The highest BCUT2D eigenvalue weighted by atomic mass is 31.2. The molecule has 0 aliphatic carbocycles. The van der Waals surface area contributed by atoms with Crippen molar-refractivity contribution in [3.63, 3.8) is 0 Å². The first-order valence-corrected chi connectivity index (χ1v) is 21.4. The second-order valence-electron chi connectivity index (χ2n) is 13.5. The molecule has 0 saturated carbocycles. The molecule has 19 nitrogen and oxygen atoms in total. The van der Waals surface area contributed by atoms with E-state index in [1.54, 1.807) is 60.7 Å². The predicted molar refractivity (Wildman–Crippen MR) is 206 cm³/mol. The summed E-state index contributed by atoms with van der Waals surface area (Å²) in [6, 6.07) is 18.8. The standard InChI is InChI=1S/C37H47N3O16P2/c41-22-28(43)32(45)33-31(27(42)20-37(50,56-33)36(48)49)40-30(44)21-39-35(47)26-16-15-23(34(46)38-17-9-1-2-10-18-55-58(52,53)54)19-29(26)57(51,24-11-5-3-6-12-24)25-13-7-4-8-14-25/h3-8,11-16,19,27-28,31-33,41-43,45,50H,1-2,9-10,17-18,20-22H2,(H,38,46)(H,39,47)(H,40,44)(H,48,49)(H2,52,53,54)/t27-,28+,31+,32+,33+,37+/m0/s1. The number of aliphatic hydroxyl groups excluding tert-OH is 4. The molecular formula is C37H47N3O16P2. The Morgan fingerprint density at radius 1 is 0.862 bits per heavy atom. The molecule has 21 heteroatoms. The second-order valence-corrected chi connectivity index (χ2v) is 17.4. The summed E-state index contributed by atoms with van der Waals surface area (Å²) in [7, 11) is -8.48. The van der Waals surface area contributed by atoms with Crippen LogP contribution in [0, 0.1) is 0 Å². The van der Waals surface area contributed by atoms with Crippen LogP contribution >= 0.6 is 15.0 Å². The number of carboxylic acids is 1. The summed E-state index contributed by atoms with van der Waals surface area (Å²) in [5, 5.41) is 68.5. The number of carbonyl (C=O) groups is 4. The Labute approximate surface area is 332 Å². The first-order valence-electron chi connectivity index (χ1n) is 18.1. The lowest BCUT2D eigenvalue weighted by Crippen LogP contribution is -2.67. The molecule has 1 heterocycles. The summed E-state index contributed by atoms with van der Waals surface area (Å²) in [4.78, 5) is 69.7. The van der Waals surface area contributed by atoms with Gasteiger partial charge in [-0.05, 0) is 31.0 Å². The predicted octanol–water partition coefficient (Wildman–Crippen LogP) is -1.42. The summed E-state index contributed by atoms with van der Waals surface area (Å²) < 4.78 is 35.8. The number of nitrogens with one attached hydrogen (secondary N) is 3. The third-order valence-electron chi connectivity index (χ3n) is 9.27. The Hall–Kier alpha value is -4.36. The summed E-state index contributed by atoms with van der Waals surface area (Å²) in [6.45, 7) is -1.72. The Bertz CT molecular complexity index is 1940. The average molecular weight is 852 g/mol. The molecule has 1 aliphatic heterocycles. The smallest absolute Gasteiger partial charge is 0.469 e. The van der Waals surface area contributed by atoms with Crippen LogP contribution in [-0.2, 0) is 28.0 Å². The molecule has 0 aromatic heterocycles. The number of phosphoric acid groups is 1. The number of hydrogen-bond donors (Lipinski definition) is 11. The number of rotatable bonds is 20. The molecule has 1 fully saturated rings. The molecule has 6 atom stereocenters. The Kier molecular flexibility index (Phi) is 16.4. The van der Waals surface area contributed by atoms with Gasteiger partial charge in [0.15, 0.2) is 7.14 Å². The minimum Gasteiger partial charge on any atom is -0.477 e. The van der Waals surface area contributed by atoms with E-state index >= 15 is 4.57 Å². The molecule has 0 bridgehead atoms. The zero-order valence-corrected chi connectivity index (χ0v) is 32.8. The van der Waals surface area contributed by atoms with Crippen molar-refractivity contribution in [1.82, 2.24) is 16.0 Å². The molecule has 4 rings (SSSR count). The first-order chi connectivity index (χ1) is 27.4. The summed E-state index contributed by atoms with van der Waals surface area (Å²) in [6.07, 6.45) is -6.69. The zero-order chi connectivity index (χ0) is 42.7. The van der Waals surface area contributed by atoms with Crippen molar-refractivity contribution >= 4 is 54.6 Å². The lowest BCUT2D eigenvalue weighted by molar-refractivity contribution is -0.295. The maximum Gasteiger partial charge on any atom is 0.469 e. The number of aliphatic carboxylic acids is 1. The van der Waals surface area contributed by atoms with Crippen LogP contribution in [0.1, 0.15) is 52.8 Å². The fourth-order valence-electron chi connectivity index (χ4n) is 6.29. The number of phosphoric ester groups is 1. The van der Waals surface area contributed by atoms with Crippen molar-refractivity contribution in [2.75, 3.05) is 26.3 Å². The van der Waals surface area contributed by atoms with Crippen LogP contribution in [0.15, 0.2) is 78.9 Å². The lowest BCUT2D eigenvalue weighted by Gasteiger charge is -2.44. The van der Waals surface area contributed by atoms with Gasteiger partial charge < -0.3 is 65.7 Å². The molecule has 58 heavy (non-hydrogen) atoms. The Balaban J connectivity index is 1.58. The molecule has 3 aromatic carbocycles. The monoisotopic (exact) mass is 851 g/mol. The van der Waals surface area contributed by atoms with Crippen molar-refractivity contribution in [3.05, 3.63) is 90.0 Å². The third kappa shape index (κ3) is 11.9. The summed E-state index contributed by atoms with van der Waals surface area (Å²) in [5.74, 6) is -7.40. The highest BCUT2D eigenvalue weighted by molar-refractivity contribution is 7.85. The molecule has 3 aromatic rings. The molecule has 0 unspecified atom stereocenters. The number of ether oxygens (including phenoxy) is 1. The Morgan fingerprint density at radius 3 is 2.03 bits per heavy atom. The van der Waals surface area contributed by atoms with Crippen LogP contribution in [0.5, 0.6) is 0 Å². The van der Waals surface area contributed by atoms with E-state index in [4.69, 9.17) is 14.5 Å². The molecule has 11 N–H and O–H groups in total. The van der Waals surface area contributed by atoms with Gasteiger partial charge in [-0.3, -0.25) is 18.9 Å². The van der Waals surface area contributed by atoms with E-state index in [1.165, 1.54) is 18.2 Å². The molecule has 3 amide bonds. The number of carboxylic acid groups (broad SMARTS) is 1. The molecule has 0 spiro atoms. The van der Waals surface area contributed by atoms with E-state index in [2.05, 4.69) is 20.5 Å². The number of benzene rings is 3. The molecular weight excluding hydrogens is 804 g/mol. The van der Waals surface area contributed by atoms with Gasteiger partial charge in [0.05, 0.1) is 37.5 Å². The van der Waals surface area contributed by atoms with Crippen molar-refractivity contribution < 1.29 is 78.0 Å². The fourth-order valence-corrected chi connectivity index (χ4v) is 9.53. The van der Waals surface area contributed by atoms with Crippen molar-refractivity contribution in [3.8, 4) is 0 Å². The fraction of sp³-hybridized carbons (Fsp3) is 0.405. The van der Waals surface area contributed by atoms with Gasteiger partial charge in [0.1, 0.15) is 18.3 Å². The summed E-state index contributed by atoms with van der Waals surface area (Å²) >= 11 is 0. The van der Waals surface area contributed by atoms with Gasteiger partial charge in [-0.2, -0.15) is 0 Å². The van der Waals surface area contributed by atoms with Crippen LogP contribution in [0.25, 0.3) is 0 Å². The van der Waals surface area contributed by atoms with Crippen LogP contribution in [0.2, 0.25) is 0 Å². The van der Waals surface area contributed by atoms with Gasteiger partial charge in [0.2, 0.25) is 5.91 Å². The van der Waals surface area contributed by atoms with Crippen LogP contribution in [-0.4, -0.2) is 127 Å².